The second kappa shape index (κ2) is 11.8. The lowest BCUT2D eigenvalue weighted by molar-refractivity contribution is -0.114. The summed E-state index contributed by atoms with van der Waals surface area (Å²) in [4.78, 5) is 16.2. The van der Waals surface area contributed by atoms with Crippen molar-refractivity contribution in [2.75, 3.05) is 32.1 Å². The number of aliphatic imine (C=N–C) groups is 1. The van der Waals surface area contributed by atoms with Crippen LogP contribution in [0.25, 0.3) is 0 Å². The van der Waals surface area contributed by atoms with E-state index < -0.39 is 29.0 Å². The normalized spacial score (nSPS) is 12.3. The van der Waals surface area contributed by atoms with Gasteiger partial charge in [-0.15, -0.1) is 0 Å². The summed E-state index contributed by atoms with van der Waals surface area (Å²) in [6.45, 7) is 4.87. The second-order valence-electron chi connectivity index (χ2n) is 6.86. The summed E-state index contributed by atoms with van der Waals surface area (Å²) >= 11 is 0. The van der Waals surface area contributed by atoms with E-state index in [1.165, 1.54) is 5.56 Å². The average Bonchev–Trinajstić information content (AvgIpc) is 2.77. The Morgan fingerprint density at radius 1 is 1.06 bits per heavy atom. The van der Waals surface area contributed by atoms with Crippen LogP contribution in [0.4, 0.5) is 18.9 Å². The molecular weight excluding hydrogens is 409 g/mol. The minimum Gasteiger partial charge on any atom is -0.497 e. The summed E-state index contributed by atoms with van der Waals surface area (Å²) in [6, 6.07) is 9.57. The number of amides is 1. The first-order valence-electron chi connectivity index (χ1n) is 9.95. The van der Waals surface area contributed by atoms with Gasteiger partial charge in [-0.2, -0.15) is 0 Å². The number of carbonyl (C=O) groups excluding carboxylic acids is 1. The lowest BCUT2D eigenvalue weighted by Crippen LogP contribution is -2.38. The Morgan fingerprint density at radius 3 is 2.42 bits per heavy atom. The topological polar surface area (TPSA) is 74.8 Å². The number of nitrogens with zero attached hydrogens (tertiary/aromatic N) is 1. The lowest BCUT2D eigenvalue weighted by Gasteiger charge is -2.15. The van der Waals surface area contributed by atoms with Gasteiger partial charge in [0.2, 0.25) is 5.91 Å². The summed E-state index contributed by atoms with van der Waals surface area (Å²) in [7, 11) is 1.62. The van der Waals surface area contributed by atoms with Crippen LogP contribution < -0.4 is 20.7 Å². The Balaban J connectivity index is 1.87. The van der Waals surface area contributed by atoms with Crippen molar-refractivity contribution in [2.24, 2.45) is 4.99 Å². The third kappa shape index (κ3) is 7.20. The molecule has 9 heteroatoms. The Bertz CT molecular complexity index is 904. The molecule has 0 bridgehead atoms. The van der Waals surface area contributed by atoms with Gasteiger partial charge in [0.15, 0.2) is 23.4 Å². The summed E-state index contributed by atoms with van der Waals surface area (Å²) in [5, 5.41) is 8.35. The molecule has 2 aromatic carbocycles. The Hall–Kier alpha value is -3.23. The van der Waals surface area contributed by atoms with Crippen molar-refractivity contribution in [1.82, 2.24) is 10.6 Å². The highest BCUT2D eigenvalue weighted by atomic mass is 19.2. The van der Waals surface area contributed by atoms with Gasteiger partial charge < -0.3 is 20.7 Å². The Kier molecular flexibility index (Phi) is 9.17. The summed E-state index contributed by atoms with van der Waals surface area (Å²) in [5.41, 5.74) is 0.739. The third-order valence-corrected chi connectivity index (χ3v) is 4.59. The van der Waals surface area contributed by atoms with Gasteiger partial charge in [-0.3, -0.25) is 4.79 Å². The third-order valence-electron chi connectivity index (χ3n) is 4.59. The largest absolute Gasteiger partial charge is 0.497 e. The molecule has 0 aliphatic heterocycles. The number of guanidine groups is 1. The van der Waals surface area contributed by atoms with Gasteiger partial charge >= 0.3 is 0 Å². The van der Waals surface area contributed by atoms with Crippen molar-refractivity contribution in [1.29, 1.82) is 0 Å². The van der Waals surface area contributed by atoms with E-state index in [4.69, 9.17) is 4.74 Å². The molecule has 1 amide bonds. The number of hydrogen-bond donors (Lipinski definition) is 3. The molecule has 0 saturated heterocycles. The van der Waals surface area contributed by atoms with Crippen LogP contribution in [0.2, 0.25) is 0 Å². The van der Waals surface area contributed by atoms with Crippen molar-refractivity contribution in [3.8, 4) is 5.75 Å². The fourth-order valence-electron chi connectivity index (χ4n) is 2.81. The molecule has 0 aliphatic rings. The molecule has 0 heterocycles. The molecule has 0 radical (unpaired) electrons. The first-order valence-corrected chi connectivity index (χ1v) is 9.95. The minimum atomic E-state index is -1.64. The zero-order valence-electron chi connectivity index (χ0n) is 17.8. The number of anilines is 1. The molecule has 2 aromatic rings. The van der Waals surface area contributed by atoms with Crippen molar-refractivity contribution in [3.63, 3.8) is 0 Å². The number of methoxy groups -OCH3 is 1. The molecule has 2 rings (SSSR count). The number of halogens is 3. The van der Waals surface area contributed by atoms with Gasteiger partial charge in [0.1, 0.15) is 12.3 Å². The molecule has 1 unspecified atom stereocenters. The molecular formula is C22H27F3N4O2. The van der Waals surface area contributed by atoms with E-state index >= 15 is 0 Å². The van der Waals surface area contributed by atoms with E-state index in [2.05, 4.69) is 27.9 Å². The van der Waals surface area contributed by atoms with E-state index in [0.717, 1.165) is 24.3 Å². The molecule has 0 spiro atoms. The first-order chi connectivity index (χ1) is 14.8. The molecule has 0 aromatic heterocycles. The van der Waals surface area contributed by atoms with Gasteiger partial charge in [-0.25, -0.2) is 18.2 Å². The highest BCUT2D eigenvalue weighted by molar-refractivity contribution is 5.94. The minimum absolute atomic E-state index is 0.293. The maximum absolute atomic E-state index is 13.7. The van der Waals surface area contributed by atoms with Gasteiger partial charge in [0.05, 0.1) is 12.8 Å². The predicted molar refractivity (Wildman–Crippen MR) is 115 cm³/mol. The van der Waals surface area contributed by atoms with Crippen molar-refractivity contribution < 1.29 is 22.7 Å². The van der Waals surface area contributed by atoms with Gasteiger partial charge in [-0.1, -0.05) is 19.1 Å². The number of benzene rings is 2. The zero-order chi connectivity index (χ0) is 22.8. The van der Waals surface area contributed by atoms with E-state index in [9.17, 15) is 18.0 Å². The second-order valence-corrected chi connectivity index (χ2v) is 6.86. The van der Waals surface area contributed by atoms with Crippen LogP contribution in [0.3, 0.4) is 0 Å². The predicted octanol–water partition coefficient (Wildman–Crippen LogP) is 3.80. The van der Waals surface area contributed by atoms with E-state index in [0.29, 0.717) is 25.0 Å². The Labute approximate surface area is 179 Å². The SMILES string of the molecule is CCNC(=NCC(=O)Nc1ccc(F)c(F)c1F)NCCC(C)c1ccc(OC)cc1. The van der Waals surface area contributed by atoms with Crippen LogP contribution >= 0.6 is 0 Å². The maximum atomic E-state index is 13.7. The molecule has 168 valence electrons. The van der Waals surface area contributed by atoms with Crippen LogP contribution in [-0.2, 0) is 4.79 Å². The Morgan fingerprint density at radius 2 is 1.77 bits per heavy atom. The number of hydrogen-bond acceptors (Lipinski definition) is 3. The van der Waals surface area contributed by atoms with Gasteiger partial charge in [-0.05, 0) is 49.1 Å². The highest BCUT2D eigenvalue weighted by Gasteiger charge is 2.15. The van der Waals surface area contributed by atoms with Crippen molar-refractivity contribution >= 4 is 17.6 Å². The van der Waals surface area contributed by atoms with Crippen LogP contribution in [0, 0.1) is 17.5 Å². The summed E-state index contributed by atoms with van der Waals surface area (Å²) in [5.74, 6) is -3.55. The summed E-state index contributed by atoms with van der Waals surface area (Å²) in [6.07, 6.45) is 0.822. The van der Waals surface area contributed by atoms with Crippen LogP contribution in [0.15, 0.2) is 41.4 Å². The molecule has 1 atom stereocenters. The van der Waals surface area contributed by atoms with Gasteiger partial charge in [0, 0.05) is 13.1 Å². The maximum Gasteiger partial charge on any atom is 0.246 e. The van der Waals surface area contributed by atoms with Crippen LogP contribution in [-0.4, -0.2) is 38.6 Å². The van der Waals surface area contributed by atoms with Crippen LogP contribution in [0.5, 0.6) is 5.75 Å². The number of carbonyl (C=O) groups is 1. The fourth-order valence-corrected chi connectivity index (χ4v) is 2.81. The molecule has 0 saturated carbocycles. The average molecular weight is 436 g/mol. The smallest absolute Gasteiger partial charge is 0.246 e. The van der Waals surface area contributed by atoms with E-state index in [1.54, 1.807) is 7.11 Å². The standard InChI is InChI=1S/C22H27F3N4O2/c1-4-26-22(27-12-11-14(2)15-5-7-16(31-3)8-6-15)28-13-19(30)29-18-10-9-17(23)20(24)21(18)25/h5-10,14H,4,11-13H2,1-3H3,(H,29,30)(H2,26,27,28). The number of ether oxygens (including phenoxy) is 1. The van der Waals surface area contributed by atoms with E-state index in [-0.39, 0.29) is 6.54 Å². The first kappa shape index (κ1) is 24.0. The highest BCUT2D eigenvalue weighted by Crippen LogP contribution is 2.21. The van der Waals surface area contributed by atoms with Gasteiger partial charge in [0.25, 0.3) is 0 Å². The molecule has 0 fully saturated rings. The number of rotatable bonds is 9. The van der Waals surface area contributed by atoms with Crippen molar-refractivity contribution in [2.45, 2.75) is 26.2 Å². The molecule has 3 N–H and O–H groups in total. The molecule has 6 nitrogen and oxygen atoms in total. The zero-order valence-corrected chi connectivity index (χ0v) is 17.8. The van der Waals surface area contributed by atoms with E-state index in [1.807, 2.05) is 31.2 Å². The molecule has 0 aliphatic carbocycles. The van der Waals surface area contributed by atoms with Crippen LogP contribution in [0.1, 0.15) is 31.7 Å². The quantitative estimate of drug-likeness (QED) is 0.318. The fraction of sp³-hybridized carbons (Fsp3) is 0.364. The van der Waals surface area contributed by atoms with Crippen molar-refractivity contribution in [3.05, 3.63) is 59.4 Å². The summed E-state index contributed by atoms with van der Waals surface area (Å²) < 4.78 is 45.1. The monoisotopic (exact) mass is 436 g/mol. The molecule has 31 heavy (non-hydrogen) atoms. The number of nitrogens with one attached hydrogen (secondary N) is 3. The lowest BCUT2D eigenvalue weighted by atomic mass is 9.98.